The number of rotatable bonds is 6. The second kappa shape index (κ2) is 9.51. The average Bonchev–Trinajstić information content (AvgIpc) is 2.48. The zero-order valence-corrected chi connectivity index (χ0v) is 12.9. The molecule has 0 saturated carbocycles. The summed E-state index contributed by atoms with van der Waals surface area (Å²) >= 11 is 0. The number of hydrogen-bond acceptors (Lipinski definition) is 4. The van der Waals surface area contributed by atoms with Crippen molar-refractivity contribution >= 4 is 17.9 Å². The highest BCUT2D eigenvalue weighted by atomic mass is 16.4. The molecule has 0 radical (unpaired) electrons. The summed E-state index contributed by atoms with van der Waals surface area (Å²) in [6.45, 7) is 10.1. The van der Waals surface area contributed by atoms with Crippen LogP contribution in [0.4, 0.5) is 0 Å². The van der Waals surface area contributed by atoms with Crippen molar-refractivity contribution in [1.82, 2.24) is 4.90 Å². The van der Waals surface area contributed by atoms with Gasteiger partial charge in [-0.1, -0.05) is 26.8 Å². The van der Waals surface area contributed by atoms with Crippen molar-refractivity contribution in [1.29, 1.82) is 0 Å². The molecule has 0 bridgehead atoms. The minimum absolute atomic E-state index is 0.539. The van der Waals surface area contributed by atoms with Crippen LogP contribution in [0.15, 0.2) is 18.2 Å². The van der Waals surface area contributed by atoms with Crippen LogP contribution in [-0.2, 0) is 0 Å². The molecule has 0 amide bonds. The molecule has 122 valence electrons. The van der Waals surface area contributed by atoms with Crippen LogP contribution in [-0.4, -0.2) is 57.8 Å². The van der Waals surface area contributed by atoms with Gasteiger partial charge in [0.15, 0.2) is 0 Å². The number of nitrogens with zero attached hydrogens (tertiary/aromatic N) is 1. The number of carboxylic acid groups (broad SMARTS) is 3. The fraction of sp³-hybridized carbons (Fsp3) is 0.400. The summed E-state index contributed by atoms with van der Waals surface area (Å²) in [5, 5.41) is 26.0. The van der Waals surface area contributed by atoms with Crippen LogP contribution < -0.4 is 0 Å². The van der Waals surface area contributed by atoms with E-state index >= 15 is 0 Å². The van der Waals surface area contributed by atoms with Crippen molar-refractivity contribution in [2.75, 3.05) is 19.6 Å². The Kier molecular flexibility index (Phi) is 8.47. The zero-order valence-electron chi connectivity index (χ0n) is 12.9. The molecule has 0 aliphatic rings. The smallest absolute Gasteiger partial charge is 0.337 e. The fourth-order valence-corrected chi connectivity index (χ4v) is 1.81. The highest BCUT2D eigenvalue weighted by Gasteiger charge is 2.22. The van der Waals surface area contributed by atoms with E-state index in [4.69, 9.17) is 15.3 Å². The molecule has 3 N–H and O–H groups in total. The Morgan fingerprint density at radius 2 is 1.18 bits per heavy atom. The molecule has 0 heterocycles. The van der Waals surface area contributed by atoms with Crippen molar-refractivity contribution in [2.45, 2.75) is 20.8 Å². The maximum atomic E-state index is 10.7. The Balaban J connectivity index is 0.000000534. The first-order valence-electron chi connectivity index (χ1n) is 6.85. The molecule has 0 saturated heterocycles. The monoisotopic (exact) mass is 311 g/mol. The van der Waals surface area contributed by atoms with E-state index in [0.717, 1.165) is 12.1 Å². The quantitative estimate of drug-likeness (QED) is 0.737. The summed E-state index contributed by atoms with van der Waals surface area (Å²) in [7, 11) is 0. The lowest BCUT2D eigenvalue weighted by molar-refractivity contribution is 0.0633. The average molecular weight is 311 g/mol. The van der Waals surface area contributed by atoms with E-state index < -0.39 is 34.6 Å². The van der Waals surface area contributed by atoms with Crippen molar-refractivity contribution in [3.05, 3.63) is 34.9 Å². The van der Waals surface area contributed by atoms with Crippen LogP contribution in [0, 0.1) is 0 Å². The summed E-state index contributed by atoms with van der Waals surface area (Å²) in [4.78, 5) is 34.4. The summed E-state index contributed by atoms with van der Waals surface area (Å²) in [6.07, 6.45) is 0. The molecule has 22 heavy (non-hydrogen) atoms. The predicted octanol–water partition coefficient (Wildman–Crippen LogP) is 2.13. The first kappa shape index (κ1) is 19.6. The maximum Gasteiger partial charge on any atom is 0.337 e. The molecule has 0 aromatic heterocycles. The summed E-state index contributed by atoms with van der Waals surface area (Å²) in [5.74, 6) is -4.53. The molecule has 0 spiro atoms. The topological polar surface area (TPSA) is 115 Å². The van der Waals surface area contributed by atoms with Gasteiger partial charge in [-0.05, 0) is 31.8 Å². The Morgan fingerprint density at radius 1 is 0.818 bits per heavy atom. The Hall–Kier alpha value is -2.41. The van der Waals surface area contributed by atoms with E-state index in [2.05, 4.69) is 25.7 Å². The molecule has 0 unspecified atom stereocenters. The largest absolute Gasteiger partial charge is 0.478 e. The second-order valence-electron chi connectivity index (χ2n) is 4.26. The lowest BCUT2D eigenvalue weighted by Gasteiger charge is -2.13. The van der Waals surface area contributed by atoms with Gasteiger partial charge in [-0.2, -0.15) is 0 Å². The maximum absolute atomic E-state index is 10.7. The standard InChI is InChI=1S/C9H6O6.C6H15N/c10-7(11)4-2-1-3-5(8(12)13)6(4)9(14)15;1-4-7(5-2)6-3/h1-3H,(H,10,11)(H,12,13)(H,14,15);4-6H2,1-3H3. The van der Waals surface area contributed by atoms with E-state index in [1.165, 1.54) is 25.7 Å². The van der Waals surface area contributed by atoms with Crippen molar-refractivity contribution < 1.29 is 29.7 Å². The first-order valence-corrected chi connectivity index (χ1v) is 6.85. The van der Waals surface area contributed by atoms with Gasteiger partial charge in [0.2, 0.25) is 0 Å². The zero-order chi connectivity index (χ0) is 17.3. The molecule has 0 aliphatic carbocycles. The molecule has 1 aromatic carbocycles. The molecule has 0 aliphatic heterocycles. The second-order valence-corrected chi connectivity index (χ2v) is 4.26. The molecular weight excluding hydrogens is 290 g/mol. The van der Waals surface area contributed by atoms with Gasteiger partial charge in [-0.3, -0.25) is 0 Å². The molecular formula is C15H21NO6. The van der Waals surface area contributed by atoms with Gasteiger partial charge in [0, 0.05) is 0 Å². The van der Waals surface area contributed by atoms with Gasteiger partial charge >= 0.3 is 17.9 Å². The molecule has 1 aromatic rings. The van der Waals surface area contributed by atoms with E-state index in [9.17, 15) is 14.4 Å². The van der Waals surface area contributed by atoms with Gasteiger partial charge in [0.05, 0.1) is 16.7 Å². The number of carboxylic acids is 3. The number of hydrogen-bond donors (Lipinski definition) is 3. The van der Waals surface area contributed by atoms with Gasteiger partial charge < -0.3 is 20.2 Å². The SMILES string of the molecule is CCN(CC)CC.O=C(O)c1cccc(C(=O)O)c1C(=O)O. The third kappa shape index (κ3) is 5.53. The number of aromatic carboxylic acids is 3. The van der Waals surface area contributed by atoms with E-state index in [-0.39, 0.29) is 0 Å². The van der Waals surface area contributed by atoms with Gasteiger partial charge in [-0.25, -0.2) is 14.4 Å². The van der Waals surface area contributed by atoms with Crippen LogP contribution >= 0.6 is 0 Å². The Labute approximate surface area is 128 Å². The number of carbonyl (C=O) groups is 3. The fourth-order valence-electron chi connectivity index (χ4n) is 1.81. The van der Waals surface area contributed by atoms with Crippen LogP contribution in [0.1, 0.15) is 51.8 Å². The third-order valence-corrected chi connectivity index (χ3v) is 3.08. The molecule has 7 heteroatoms. The molecule has 1 rings (SSSR count). The van der Waals surface area contributed by atoms with E-state index in [1.54, 1.807) is 0 Å². The molecule has 0 fully saturated rings. The van der Waals surface area contributed by atoms with Crippen molar-refractivity contribution in [2.24, 2.45) is 0 Å². The predicted molar refractivity (Wildman–Crippen MR) is 80.8 cm³/mol. The Bertz CT molecular complexity index is 499. The summed E-state index contributed by atoms with van der Waals surface area (Å²) in [6, 6.07) is 3.26. The minimum Gasteiger partial charge on any atom is -0.478 e. The summed E-state index contributed by atoms with van der Waals surface area (Å²) < 4.78 is 0. The van der Waals surface area contributed by atoms with Crippen molar-refractivity contribution in [3.63, 3.8) is 0 Å². The third-order valence-electron chi connectivity index (χ3n) is 3.08. The highest BCUT2D eigenvalue weighted by Crippen LogP contribution is 2.15. The van der Waals surface area contributed by atoms with Gasteiger partial charge in [0.1, 0.15) is 0 Å². The lowest BCUT2D eigenvalue weighted by atomic mass is 10.0. The Morgan fingerprint density at radius 3 is 1.36 bits per heavy atom. The number of benzene rings is 1. The van der Waals surface area contributed by atoms with Crippen molar-refractivity contribution in [3.8, 4) is 0 Å². The van der Waals surface area contributed by atoms with Gasteiger partial charge in [-0.15, -0.1) is 0 Å². The highest BCUT2D eigenvalue weighted by molar-refractivity contribution is 6.08. The summed E-state index contributed by atoms with van der Waals surface area (Å²) in [5.41, 5.74) is -1.79. The molecule has 7 nitrogen and oxygen atoms in total. The lowest BCUT2D eigenvalue weighted by Crippen LogP contribution is -2.21. The van der Waals surface area contributed by atoms with Crippen LogP contribution in [0.2, 0.25) is 0 Å². The minimum atomic E-state index is -1.58. The van der Waals surface area contributed by atoms with Crippen LogP contribution in [0.5, 0.6) is 0 Å². The molecule has 0 atom stereocenters. The van der Waals surface area contributed by atoms with Gasteiger partial charge in [0.25, 0.3) is 0 Å². The van der Waals surface area contributed by atoms with E-state index in [1.807, 2.05) is 0 Å². The van der Waals surface area contributed by atoms with Crippen LogP contribution in [0.25, 0.3) is 0 Å². The van der Waals surface area contributed by atoms with Crippen LogP contribution in [0.3, 0.4) is 0 Å². The van der Waals surface area contributed by atoms with E-state index in [0.29, 0.717) is 0 Å². The first-order chi connectivity index (χ1) is 10.3. The normalized spacial score (nSPS) is 9.82.